The molecule has 9 nitrogen and oxygen atoms in total. The van der Waals surface area contributed by atoms with Gasteiger partial charge in [-0.2, -0.15) is 0 Å². The number of hydrogen-bond acceptors (Lipinski definition) is 8. The molecule has 11 heteroatoms. The third kappa shape index (κ3) is 6.24. The summed E-state index contributed by atoms with van der Waals surface area (Å²) in [6.45, 7) is 9.92. The summed E-state index contributed by atoms with van der Waals surface area (Å²) in [5.41, 5.74) is 1.01. The maximum Gasteiger partial charge on any atom is 0.410 e. The lowest BCUT2D eigenvalue weighted by molar-refractivity contribution is 0.00530. The summed E-state index contributed by atoms with van der Waals surface area (Å²) in [5.74, 6) is 1.27. The largest absolute Gasteiger partial charge is 0.486 e. The molecule has 0 unspecified atom stereocenters. The first-order valence-corrected chi connectivity index (χ1v) is 14.1. The van der Waals surface area contributed by atoms with Gasteiger partial charge in [0.1, 0.15) is 18.8 Å². The van der Waals surface area contributed by atoms with Crippen molar-refractivity contribution in [3.63, 3.8) is 0 Å². The second kappa shape index (κ2) is 11.1. The van der Waals surface area contributed by atoms with Gasteiger partial charge in [-0.1, -0.05) is 22.9 Å². The Kier molecular flexibility index (Phi) is 7.83. The molecule has 204 valence electrons. The van der Waals surface area contributed by atoms with Crippen LogP contribution < -0.4 is 14.3 Å². The van der Waals surface area contributed by atoms with Crippen LogP contribution in [-0.2, 0) is 17.8 Å². The number of halogens is 1. The Morgan fingerprint density at radius 2 is 1.89 bits per heavy atom. The van der Waals surface area contributed by atoms with E-state index in [-0.39, 0.29) is 17.0 Å². The average molecular weight is 561 g/mol. The maximum atomic E-state index is 13.3. The zero-order valence-corrected chi connectivity index (χ0v) is 23.5. The number of carbonyl (C=O) groups is 1. The molecule has 0 N–H and O–H groups in total. The van der Waals surface area contributed by atoms with Crippen LogP contribution >= 0.6 is 22.9 Å². The maximum absolute atomic E-state index is 13.3. The highest BCUT2D eigenvalue weighted by Crippen LogP contribution is 2.31. The third-order valence-corrected chi connectivity index (χ3v) is 7.91. The van der Waals surface area contributed by atoms with Crippen LogP contribution in [-0.4, -0.2) is 69.9 Å². The van der Waals surface area contributed by atoms with Crippen molar-refractivity contribution >= 4 is 39.2 Å². The number of carbonyl (C=O) groups excluding carboxylic acids is 1. The molecule has 0 bridgehead atoms. The summed E-state index contributed by atoms with van der Waals surface area (Å²) in [6.07, 6.45) is 2.91. The molecule has 2 aliphatic heterocycles. The number of amides is 1. The second-order valence-electron chi connectivity index (χ2n) is 10.6. The summed E-state index contributed by atoms with van der Waals surface area (Å²) in [4.78, 5) is 34.5. The van der Waals surface area contributed by atoms with E-state index in [2.05, 4.69) is 9.88 Å². The molecule has 3 aromatic rings. The Balaban J connectivity index is 1.24. The fraction of sp³-hybridized carbons (Fsp3) is 0.519. The van der Waals surface area contributed by atoms with E-state index in [1.54, 1.807) is 15.7 Å². The Morgan fingerprint density at radius 1 is 1.16 bits per heavy atom. The van der Waals surface area contributed by atoms with E-state index in [1.807, 2.05) is 45.0 Å². The van der Waals surface area contributed by atoms with Gasteiger partial charge in [0.15, 0.2) is 11.5 Å². The average Bonchev–Trinajstić information content (AvgIpc) is 3.19. The Bertz CT molecular complexity index is 1360. The van der Waals surface area contributed by atoms with Gasteiger partial charge in [0.2, 0.25) is 0 Å². The Morgan fingerprint density at radius 3 is 2.63 bits per heavy atom. The number of nitrogens with zero attached hydrogens (tertiary/aromatic N) is 4. The molecule has 38 heavy (non-hydrogen) atoms. The van der Waals surface area contributed by atoms with Gasteiger partial charge in [0.25, 0.3) is 0 Å². The molecule has 1 amide bonds. The molecule has 0 aliphatic carbocycles. The van der Waals surface area contributed by atoms with Crippen LogP contribution in [0.4, 0.5) is 4.79 Å². The first-order valence-electron chi connectivity index (χ1n) is 12.9. The third-order valence-electron chi connectivity index (χ3n) is 6.71. The van der Waals surface area contributed by atoms with Crippen LogP contribution in [0.3, 0.4) is 0 Å². The Labute approximate surface area is 230 Å². The molecule has 0 saturated carbocycles. The van der Waals surface area contributed by atoms with Crippen molar-refractivity contribution in [1.82, 2.24) is 19.4 Å². The SMILES string of the molecule is CC(C)(C)OC(=O)N(Cc1cc2c(cn1)OCCO2)C1CCN(CCn2c(=O)sc3ccc(Cl)cc32)CC1. The highest BCUT2D eigenvalue weighted by molar-refractivity contribution is 7.16. The number of benzene rings is 1. The predicted molar refractivity (Wildman–Crippen MR) is 148 cm³/mol. The van der Waals surface area contributed by atoms with E-state index < -0.39 is 5.60 Å². The van der Waals surface area contributed by atoms with Crippen LogP contribution in [0.15, 0.2) is 35.3 Å². The molecule has 0 radical (unpaired) electrons. The van der Waals surface area contributed by atoms with Crippen molar-refractivity contribution in [3.05, 3.63) is 50.8 Å². The summed E-state index contributed by atoms with van der Waals surface area (Å²) in [7, 11) is 0. The van der Waals surface area contributed by atoms with Crippen molar-refractivity contribution in [1.29, 1.82) is 0 Å². The lowest BCUT2D eigenvalue weighted by atomic mass is 10.0. The summed E-state index contributed by atoms with van der Waals surface area (Å²) in [6, 6.07) is 7.42. The van der Waals surface area contributed by atoms with E-state index in [1.165, 1.54) is 11.3 Å². The number of rotatable bonds is 6. The van der Waals surface area contributed by atoms with Crippen LogP contribution in [0.1, 0.15) is 39.3 Å². The van der Waals surface area contributed by atoms with E-state index in [4.69, 9.17) is 25.8 Å². The number of thiazole rings is 1. The number of hydrogen-bond donors (Lipinski definition) is 0. The molecule has 1 fully saturated rings. The highest BCUT2D eigenvalue weighted by Gasteiger charge is 2.32. The van der Waals surface area contributed by atoms with E-state index >= 15 is 0 Å². The molecule has 0 atom stereocenters. The van der Waals surface area contributed by atoms with Crippen LogP contribution in [0.5, 0.6) is 11.5 Å². The lowest BCUT2D eigenvalue weighted by Gasteiger charge is -2.39. The molecule has 1 saturated heterocycles. The van der Waals surface area contributed by atoms with Crippen molar-refractivity contribution in [2.75, 3.05) is 32.8 Å². The van der Waals surface area contributed by atoms with Crippen LogP contribution in [0, 0.1) is 0 Å². The van der Waals surface area contributed by atoms with Crippen LogP contribution in [0.2, 0.25) is 5.02 Å². The molecular formula is C27H33ClN4O5S. The zero-order chi connectivity index (χ0) is 26.9. The van der Waals surface area contributed by atoms with Crippen molar-refractivity contribution in [2.24, 2.45) is 0 Å². The van der Waals surface area contributed by atoms with Crippen LogP contribution in [0.25, 0.3) is 10.2 Å². The number of aromatic nitrogens is 2. The van der Waals surface area contributed by atoms with E-state index in [9.17, 15) is 9.59 Å². The van der Waals surface area contributed by atoms with E-state index in [0.29, 0.717) is 42.8 Å². The fourth-order valence-electron chi connectivity index (χ4n) is 4.86. The van der Waals surface area contributed by atoms with Crippen molar-refractivity contribution in [2.45, 2.75) is 58.3 Å². The topological polar surface area (TPSA) is 86.1 Å². The Hall–Kier alpha value is -2.82. The first-order chi connectivity index (χ1) is 18.2. The van der Waals surface area contributed by atoms with Gasteiger partial charge in [-0.05, 0) is 51.8 Å². The smallest absolute Gasteiger partial charge is 0.410 e. The van der Waals surface area contributed by atoms with E-state index in [0.717, 1.165) is 48.4 Å². The normalized spacial score (nSPS) is 16.5. The summed E-state index contributed by atoms with van der Waals surface area (Å²) >= 11 is 7.42. The van der Waals surface area contributed by atoms with Gasteiger partial charge in [0, 0.05) is 43.3 Å². The number of pyridine rings is 1. The van der Waals surface area contributed by atoms with Gasteiger partial charge in [-0.25, -0.2) is 4.79 Å². The molecule has 0 spiro atoms. The second-order valence-corrected chi connectivity index (χ2v) is 12.1. The van der Waals surface area contributed by atoms with Gasteiger partial charge < -0.3 is 19.1 Å². The fourth-order valence-corrected chi connectivity index (χ4v) is 5.92. The minimum Gasteiger partial charge on any atom is -0.486 e. The zero-order valence-electron chi connectivity index (χ0n) is 21.9. The monoisotopic (exact) mass is 560 g/mol. The van der Waals surface area contributed by atoms with Gasteiger partial charge in [0.05, 0.1) is 28.7 Å². The van der Waals surface area contributed by atoms with Gasteiger partial charge >= 0.3 is 11.0 Å². The minimum atomic E-state index is -0.601. The van der Waals surface area contributed by atoms with Gasteiger partial charge in [-0.15, -0.1) is 0 Å². The minimum absolute atomic E-state index is 0.0135. The quantitative estimate of drug-likeness (QED) is 0.428. The molecule has 5 rings (SSSR count). The highest BCUT2D eigenvalue weighted by atomic mass is 35.5. The molecule has 2 aliphatic rings. The first kappa shape index (κ1) is 26.8. The molecular weight excluding hydrogens is 528 g/mol. The number of likely N-dealkylation sites (tertiary alicyclic amines) is 1. The standard InChI is InChI=1S/C27H33ClN4O5S/c1-27(2,3)37-25(33)32(17-19-15-22-23(16-29-19)36-13-12-35-22)20-6-8-30(9-7-20)10-11-31-21-14-18(28)4-5-24(21)38-26(31)34/h4-5,14-16,20H,6-13,17H2,1-3H3. The lowest BCUT2D eigenvalue weighted by Crippen LogP contribution is -2.49. The predicted octanol–water partition coefficient (Wildman–Crippen LogP) is 4.78. The molecule has 2 aromatic heterocycles. The number of ether oxygens (including phenoxy) is 3. The van der Waals surface area contributed by atoms with Gasteiger partial charge in [-0.3, -0.25) is 19.2 Å². The number of piperidine rings is 1. The summed E-state index contributed by atoms with van der Waals surface area (Å²) < 4.78 is 19.8. The molecule has 4 heterocycles. The van der Waals surface area contributed by atoms with Crippen molar-refractivity contribution < 1.29 is 19.0 Å². The van der Waals surface area contributed by atoms with Crippen molar-refractivity contribution in [3.8, 4) is 11.5 Å². The molecule has 1 aromatic carbocycles. The summed E-state index contributed by atoms with van der Waals surface area (Å²) in [5, 5.41) is 0.625. The number of fused-ring (bicyclic) bond motifs is 2.